The Bertz CT molecular complexity index is 74.8. The van der Waals surface area contributed by atoms with Crippen molar-refractivity contribution < 1.29 is 5.11 Å². The molecular weight excluding hydrogens is 124 g/mol. The Morgan fingerprint density at radius 3 is 2.40 bits per heavy atom. The quantitative estimate of drug-likeness (QED) is 0.597. The molecule has 60 valence electrons. The molecule has 1 N–H and O–H groups in total. The van der Waals surface area contributed by atoms with Crippen molar-refractivity contribution in [1.82, 2.24) is 0 Å². The highest BCUT2D eigenvalue weighted by Gasteiger charge is 2.13. The zero-order valence-electron chi connectivity index (χ0n) is 6.68. The lowest BCUT2D eigenvalue weighted by atomic mass is 10.0. The summed E-state index contributed by atoms with van der Waals surface area (Å²) in [5.41, 5.74) is 0. The van der Waals surface area contributed by atoms with Crippen LogP contribution in [0.2, 0.25) is 0 Å². The topological polar surface area (TPSA) is 20.2 Å². The maximum absolute atomic E-state index is 8.54. The third-order valence-electron chi connectivity index (χ3n) is 2.50. The van der Waals surface area contributed by atoms with Gasteiger partial charge in [0.05, 0.1) is 0 Å². The molecule has 0 aromatic rings. The van der Waals surface area contributed by atoms with Crippen LogP contribution in [-0.2, 0) is 0 Å². The second-order valence-corrected chi connectivity index (χ2v) is 3.37. The summed E-state index contributed by atoms with van der Waals surface area (Å²) < 4.78 is 0. The van der Waals surface area contributed by atoms with Gasteiger partial charge in [0.2, 0.25) is 0 Å². The van der Waals surface area contributed by atoms with E-state index < -0.39 is 0 Å². The Hall–Kier alpha value is -0.0400. The lowest BCUT2D eigenvalue weighted by Gasteiger charge is -2.06. The summed E-state index contributed by atoms with van der Waals surface area (Å²) in [7, 11) is 0. The molecule has 0 saturated heterocycles. The van der Waals surface area contributed by atoms with Gasteiger partial charge in [-0.15, -0.1) is 0 Å². The Balaban J connectivity index is 1.91. The van der Waals surface area contributed by atoms with Crippen molar-refractivity contribution in [2.24, 2.45) is 5.92 Å². The molecule has 0 atom stereocenters. The van der Waals surface area contributed by atoms with Gasteiger partial charge in [-0.3, -0.25) is 0 Å². The first-order valence-electron chi connectivity index (χ1n) is 4.54. The van der Waals surface area contributed by atoms with Crippen LogP contribution in [0.3, 0.4) is 0 Å². The van der Waals surface area contributed by atoms with Crippen LogP contribution in [0, 0.1) is 5.92 Å². The molecule has 1 rings (SSSR count). The van der Waals surface area contributed by atoms with Crippen molar-refractivity contribution in [3.8, 4) is 0 Å². The van der Waals surface area contributed by atoms with Crippen LogP contribution >= 0.6 is 0 Å². The molecule has 10 heavy (non-hydrogen) atoms. The van der Waals surface area contributed by atoms with Crippen LogP contribution in [0.25, 0.3) is 0 Å². The SMILES string of the molecule is OCCCCC1CCCC1. The molecule has 0 unspecified atom stereocenters. The van der Waals surface area contributed by atoms with Gasteiger partial charge in [-0.2, -0.15) is 0 Å². The maximum atomic E-state index is 8.54. The minimum absolute atomic E-state index is 0.382. The fourth-order valence-corrected chi connectivity index (χ4v) is 1.84. The van der Waals surface area contributed by atoms with Gasteiger partial charge in [0.25, 0.3) is 0 Å². The molecule has 0 radical (unpaired) electrons. The molecule has 1 heteroatoms. The van der Waals surface area contributed by atoms with E-state index in [0.717, 1.165) is 12.3 Å². The highest BCUT2D eigenvalue weighted by atomic mass is 16.2. The van der Waals surface area contributed by atoms with Crippen molar-refractivity contribution in [3.05, 3.63) is 0 Å². The Morgan fingerprint density at radius 1 is 1.10 bits per heavy atom. The first kappa shape index (κ1) is 8.06. The van der Waals surface area contributed by atoms with Gasteiger partial charge in [-0.05, 0) is 12.3 Å². The predicted molar refractivity (Wildman–Crippen MR) is 42.9 cm³/mol. The molecule has 1 fully saturated rings. The van der Waals surface area contributed by atoms with Crippen LogP contribution in [0.1, 0.15) is 44.9 Å². The summed E-state index contributed by atoms with van der Waals surface area (Å²) in [5.74, 6) is 1.01. The molecule has 0 heterocycles. The van der Waals surface area contributed by atoms with Crippen LogP contribution in [0.5, 0.6) is 0 Å². The van der Waals surface area contributed by atoms with E-state index in [4.69, 9.17) is 5.11 Å². The summed E-state index contributed by atoms with van der Waals surface area (Å²) in [5, 5.41) is 8.54. The van der Waals surface area contributed by atoms with Gasteiger partial charge in [-0.1, -0.05) is 38.5 Å². The first-order valence-corrected chi connectivity index (χ1v) is 4.54. The molecule has 1 aliphatic carbocycles. The van der Waals surface area contributed by atoms with Gasteiger partial charge in [-0.25, -0.2) is 0 Å². The van der Waals surface area contributed by atoms with Crippen LogP contribution in [-0.4, -0.2) is 11.7 Å². The van der Waals surface area contributed by atoms with E-state index in [1.54, 1.807) is 0 Å². The number of hydrogen-bond donors (Lipinski definition) is 1. The molecule has 1 nitrogen and oxygen atoms in total. The largest absolute Gasteiger partial charge is 0.396 e. The van der Waals surface area contributed by atoms with E-state index in [-0.39, 0.29) is 0 Å². The summed E-state index contributed by atoms with van der Waals surface area (Å²) in [6.07, 6.45) is 9.41. The van der Waals surface area contributed by atoms with E-state index in [1.807, 2.05) is 0 Å². The van der Waals surface area contributed by atoms with Gasteiger partial charge >= 0.3 is 0 Å². The van der Waals surface area contributed by atoms with Crippen molar-refractivity contribution in [2.75, 3.05) is 6.61 Å². The van der Waals surface area contributed by atoms with Crippen LogP contribution < -0.4 is 0 Å². The fourth-order valence-electron chi connectivity index (χ4n) is 1.84. The van der Waals surface area contributed by atoms with Crippen molar-refractivity contribution in [2.45, 2.75) is 44.9 Å². The molecule has 0 amide bonds. The number of unbranched alkanes of at least 4 members (excludes halogenated alkanes) is 1. The predicted octanol–water partition coefficient (Wildman–Crippen LogP) is 2.34. The average molecular weight is 142 g/mol. The summed E-state index contributed by atoms with van der Waals surface area (Å²) in [6.45, 7) is 0.382. The number of rotatable bonds is 4. The zero-order chi connectivity index (χ0) is 7.23. The highest BCUT2D eigenvalue weighted by Crippen LogP contribution is 2.28. The van der Waals surface area contributed by atoms with Gasteiger partial charge in [0.1, 0.15) is 0 Å². The van der Waals surface area contributed by atoms with Crippen LogP contribution in [0.15, 0.2) is 0 Å². The molecule has 0 aliphatic heterocycles. The Kier molecular flexibility index (Phi) is 3.81. The van der Waals surface area contributed by atoms with E-state index in [0.29, 0.717) is 6.61 Å². The molecule has 1 aliphatic rings. The van der Waals surface area contributed by atoms with Crippen molar-refractivity contribution in [1.29, 1.82) is 0 Å². The summed E-state index contributed by atoms with van der Waals surface area (Å²) in [6, 6.07) is 0. The lowest BCUT2D eigenvalue weighted by molar-refractivity contribution is 0.278. The molecule has 0 aromatic heterocycles. The van der Waals surface area contributed by atoms with Gasteiger partial charge in [0, 0.05) is 6.61 Å². The third-order valence-corrected chi connectivity index (χ3v) is 2.50. The second kappa shape index (κ2) is 4.73. The first-order chi connectivity index (χ1) is 4.93. The third kappa shape index (κ3) is 2.70. The minimum atomic E-state index is 0.382. The Morgan fingerprint density at radius 2 is 1.80 bits per heavy atom. The molecular formula is C9H18O. The monoisotopic (exact) mass is 142 g/mol. The normalized spacial score (nSPS) is 20.1. The lowest BCUT2D eigenvalue weighted by Crippen LogP contribution is -1.93. The van der Waals surface area contributed by atoms with E-state index in [1.165, 1.54) is 38.5 Å². The Labute approximate surface area is 63.4 Å². The maximum Gasteiger partial charge on any atom is 0.0431 e. The molecule has 0 bridgehead atoms. The number of aliphatic hydroxyl groups is 1. The van der Waals surface area contributed by atoms with E-state index >= 15 is 0 Å². The second-order valence-electron chi connectivity index (χ2n) is 3.37. The van der Waals surface area contributed by atoms with Crippen molar-refractivity contribution >= 4 is 0 Å². The van der Waals surface area contributed by atoms with E-state index in [9.17, 15) is 0 Å². The molecule has 0 spiro atoms. The summed E-state index contributed by atoms with van der Waals surface area (Å²) >= 11 is 0. The highest BCUT2D eigenvalue weighted by molar-refractivity contribution is 4.66. The van der Waals surface area contributed by atoms with Gasteiger partial charge < -0.3 is 5.11 Å². The number of aliphatic hydroxyl groups excluding tert-OH is 1. The van der Waals surface area contributed by atoms with Crippen molar-refractivity contribution in [3.63, 3.8) is 0 Å². The minimum Gasteiger partial charge on any atom is -0.396 e. The van der Waals surface area contributed by atoms with Gasteiger partial charge in [0.15, 0.2) is 0 Å². The number of hydrogen-bond acceptors (Lipinski definition) is 1. The standard InChI is InChI=1S/C9H18O/c10-8-4-3-7-9-5-1-2-6-9/h9-10H,1-8H2. The molecule has 0 aromatic carbocycles. The smallest absolute Gasteiger partial charge is 0.0431 e. The fraction of sp³-hybridized carbons (Fsp3) is 1.00. The van der Waals surface area contributed by atoms with Crippen LogP contribution in [0.4, 0.5) is 0 Å². The average Bonchev–Trinajstić information content (AvgIpc) is 2.41. The van der Waals surface area contributed by atoms with E-state index in [2.05, 4.69) is 0 Å². The zero-order valence-corrected chi connectivity index (χ0v) is 6.68. The molecule has 1 saturated carbocycles. The summed E-state index contributed by atoms with van der Waals surface area (Å²) in [4.78, 5) is 0.